The summed E-state index contributed by atoms with van der Waals surface area (Å²) < 4.78 is 0.564. The molecule has 2 unspecified atom stereocenters. The van der Waals surface area contributed by atoms with Crippen LogP contribution >= 0.6 is 38.5 Å². The zero-order valence-corrected chi connectivity index (χ0v) is 11.5. The third-order valence-electron chi connectivity index (χ3n) is 2.69. The fraction of sp³-hybridized carbons (Fsp3) is 1.00. The Morgan fingerprint density at radius 1 is 1.17 bits per heavy atom. The van der Waals surface area contributed by atoms with Crippen LogP contribution in [0, 0.1) is 0 Å². The van der Waals surface area contributed by atoms with Gasteiger partial charge in [-0.1, -0.05) is 64.7 Å². The summed E-state index contributed by atoms with van der Waals surface area (Å²) in [6.07, 6.45) is 9.81. The van der Waals surface area contributed by atoms with Gasteiger partial charge in [-0.3, -0.25) is 0 Å². The topological polar surface area (TPSA) is 0 Å². The molecule has 0 aromatic rings. The van der Waals surface area contributed by atoms with Crippen molar-refractivity contribution in [3.8, 4) is 0 Å². The Kier molecular flexibility index (Phi) is 4.87. The van der Waals surface area contributed by atoms with Crippen LogP contribution in [0.4, 0.5) is 0 Å². The maximum absolute atomic E-state index is 3.76. The first-order chi connectivity index (χ1) is 5.60. The highest BCUT2D eigenvalue weighted by atomic mass is 127. The molecular weight excluding hydrogens is 327 g/mol. The maximum Gasteiger partial charge on any atom is 0.0194 e. The van der Waals surface area contributed by atoms with Crippen molar-refractivity contribution in [1.29, 1.82) is 0 Å². The first-order valence-electron chi connectivity index (χ1n) is 4.93. The summed E-state index contributed by atoms with van der Waals surface area (Å²) in [5.41, 5.74) is 0. The Morgan fingerprint density at radius 2 is 1.92 bits per heavy atom. The molecule has 2 heteroatoms. The van der Waals surface area contributed by atoms with Crippen LogP contribution < -0.4 is 0 Å². The molecule has 0 amide bonds. The molecule has 1 fully saturated rings. The number of rotatable bonds is 0. The van der Waals surface area contributed by atoms with Crippen molar-refractivity contribution in [2.45, 2.75) is 60.1 Å². The van der Waals surface area contributed by atoms with E-state index < -0.39 is 0 Å². The van der Waals surface area contributed by atoms with Crippen molar-refractivity contribution in [3.05, 3.63) is 0 Å². The van der Waals surface area contributed by atoms with Gasteiger partial charge in [-0.15, -0.1) is 0 Å². The lowest BCUT2D eigenvalue weighted by molar-refractivity contribution is 0.536. The predicted octanol–water partition coefficient (Wildman–Crippen LogP) is 4.69. The number of hydrogen-bond donors (Lipinski definition) is 0. The minimum absolute atomic E-state index is 0.564. The van der Waals surface area contributed by atoms with E-state index in [1.165, 1.54) is 44.9 Å². The van der Waals surface area contributed by atoms with E-state index in [2.05, 4.69) is 45.4 Å². The van der Waals surface area contributed by atoms with E-state index in [0.29, 0.717) is 3.42 Å². The molecule has 1 aliphatic carbocycles. The van der Waals surface area contributed by atoms with Crippen LogP contribution in [0.3, 0.4) is 0 Å². The summed E-state index contributed by atoms with van der Waals surface area (Å²) in [5, 5.41) is 0. The summed E-state index contributed by atoms with van der Waals surface area (Å²) in [6, 6.07) is 0. The van der Waals surface area contributed by atoms with E-state index in [1.807, 2.05) is 0 Å². The van der Waals surface area contributed by atoms with Crippen LogP contribution in [0.1, 0.15) is 51.9 Å². The molecule has 1 rings (SSSR count). The van der Waals surface area contributed by atoms with Gasteiger partial charge in [-0.05, 0) is 25.7 Å². The van der Waals surface area contributed by atoms with Crippen molar-refractivity contribution in [3.63, 3.8) is 0 Å². The van der Waals surface area contributed by atoms with Gasteiger partial charge in [0.2, 0.25) is 0 Å². The van der Waals surface area contributed by atoms with Gasteiger partial charge in [0.25, 0.3) is 0 Å². The molecule has 0 bridgehead atoms. The second-order valence-corrected chi connectivity index (χ2v) is 8.05. The lowest BCUT2D eigenvalue weighted by Gasteiger charge is -2.22. The van der Waals surface area contributed by atoms with Gasteiger partial charge >= 0.3 is 0 Å². The average molecular weight is 345 g/mol. The van der Waals surface area contributed by atoms with Crippen molar-refractivity contribution < 1.29 is 0 Å². The quantitative estimate of drug-likeness (QED) is 0.442. The molecule has 1 aliphatic rings. The standard InChI is InChI=1S/C10H18BrI/c1-10(12)7-4-2-3-5-9(11)6-8-10/h9H,2-8H2,1H3. The zero-order valence-electron chi connectivity index (χ0n) is 7.78. The number of hydrogen-bond acceptors (Lipinski definition) is 0. The van der Waals surface area contributed by atoms with Crippen LogP contribution in [0.2, 0.25) is 0 Å². The van der Waals surface area contributed by atoms with Crippen LogP contribution in [0.5, 0.6) is 0 Å². The Bertz CT molecular complexity index is 134. The van der Waals surface area contributed by atoms with Gasteiger partial charge in [0.15, 0.2) is 0 Å². The van der Waals surface area contributed by atoms with E-state index in [4.69, 9.17) is 0 Å². The van der Waals surface area contributed by atoms with E-state index in [-0.39, 0.29) is 0 Å². The molecule has 2 atom stereocenters. The van der Waals surface area contributed by atoms with Crippen molar-refractivity contribution >= 4 is 38.5 Å². The van der Waals surface area contributed by atoms with Crippen molar-refractivity contribution in [2.24, 2.45) is 0 Å². The zero-order chi connectivity index (χ0) is 9.03. The maximum atomic E-state index is 3.76. The molecule has 0 heterocycles. The third kappa shape index (κ3) is 4.45. The van der Waals surface area contributed by atoms with E-state index >= 15 is 0 Å². The van der Waals surface area contributed by atoms with E-state index in [1.54, 1.807) is 0 Å². The van der Waals surface area contributed by atoms with Crippen molar-refractivity contribution in [1.82, 2.24) is 0 Å². The normalized spacial score (nSPS) is 39.8. The Labute approximate surface area is 98.1 Å². The molecular formula is C10H18BrI. The van der Waals surface area contributed by atoms with E-state index in [9.17, 15) is 0 Å². The Balaban J connectivity index is 2.40. The minimum atomic E-state index is 0.564. The molecule has 0 radical (unpaired) electrons. The number of halogens is 2. The Morgan fingerprint density at radius 3 is 2.67 bits per heavy atom. The summed E-state index contributed by atoms with van der Waals surface area (Å²) in [4.78, 5) is 0.782. The van der Waals surface area contributed by atoms with Gasteiger partial charge in [0, 0.05) is 8.25 Å². The molecule has 0 aromatic carbocycles. The molecule has 0 nitrogen and oxygen atoms in total. The van der Waals surface area contributed by atoms with Crippen molar-refractivity contribution in [2.75, 3.05) is 0 Å². The third-order valence-corrected chi connectivity index (χ3v) is 4.69. The highest BCUT2D eigenvalue weighted by molar-refractivity contribution is 14.1. The molecule has 0 N–H and O–H groups in total. The summed E-state index contributed by atoms with van der Waals surface area (Å²) in [5.74, 6) is 0. The monoisotopic (exact) mass is 344 g/mol. The van der Waals surface area contributed by atoms with Crippen LogP contribution in [0.25, 0.3) is 0 Å². The van der Waals surface area contributed by atoms with Gasteiger partial charge in [0.05, 0.1) is 0 Å². The Hall–Kier alpha value is 1.21. The van der Waals surface area contributed by atoms with E-state index in [0.717, 1.165) is 4.83 Å². The SMILES string of the molecule is CC1(I)CCCCCC(Br)CC1. The second-order valence-electron chi connectivity index (χ2n) is 4.15. The number of alkyl halides is 2. The second kappa shape index (κ2) is 5.18. The highest BCUT2D eigenvalue weighted by Gasteiger charge is 2.22. The van der Waals surface area contributed by atoms with Crippen LogP contribution in [0.15, 0.2) is 0 Å². The fourth-order valence-corrected chi connectivity index (χ4v) is 3.01. The first kappa shape index (κ1) is 11.3. The molecule has 12 heavy (non-hydrogen) atoms. The fourth-order valence-electron chi connectivity index (χ4n) is 1.76. The van der Waals surface area contributed by atoms with Gasteiger partial charge in [0.1, 0.15) is 0 Å². The van der Waals surface area contributed by atoms with Gasteiger partial charge in [-0.25, -0.2) is 0 Å². The molecule has 0 saturated heterocycles. The summed E-state index contributed by atoms with van der Waals surface area (Å²) in [6.45, 7) is 2.40. The lowest BCUT2D eigenvalue weighted by Crippen LogP contribution is -2.15. The summed E-state index contributed by atoms with van der Waals surface area (Å²) >= 11 is 6.40. The smallest absolute Gasteiger partial charge is 0.0194 e. The molecule has 0 aromatic heterocycles. The van der Waals surface area contributed by atoms with Crippen LogP contribution in [-0.4, -0.2) is 8.25 Å². The summed E-state index contributed by atoms with van der Waals surface area (Å²) in [7, 11) is 0. The molecule has 0 aliphatic heterocycles. The molecule has 1 saturated carbocycles. The average Bonchev–Trinajstić information content (AvgIpc) is 2.05. The van der Waals surface area contributed by atoms with Gasteiger partial charge < -0.3 is 0 Å². The molecule has 0 spiro atoms. The largest absolute Gasteiger partial charge is 0.0891 e. The van der Waals surface area contributed by atoms with Crippen LogP contribution in [-0.2, 0) is 0 Å². The molecule has 72 valence electrons. The highest BCUT2D eigenvalue weighted by Crippen LogP contribution is 2.34. The minimum Gasteiger partial charge on any atom is -0.0891 e. The van der Waals surface area contributed by atoms with Gasteiger partial charge in [-0.2, -0.15) is 0 Å². The first-order valence-corrected chi connectivity index (χ1v) is 6.93. The lowest BCUT2D eigenvalue weighted by atomic mass is 9.99. The predicted molar refractivity (Wildman–Crippen MR) is 67.5 cm³/mol.